The first-order valence-electron chi connectivity index (χ1n) is 10.1. The van der Waals surface area contributed by atoms with E-state index in [2.05, 4.69) is 10.2 Å². The fraction of sp³-hybridized carbons (Fsp3) is 0.571. The molecule has 1 aromatic carbocycles. The molecule has 0 aromatic heterocycles. The van der Waals surface area contributed by atoms with Crippen LogP contribution in [0.15, 0.2) is 18.2 Å². The van der Waals surface area contributed by atoms with Gasteiger partial charge < -0.3 is 19.3 Å². The van der Waals surface area contributed by atoms with E-state index in [1.807, 2.05) is 18.2 Å². The Morgan fingerprint density at radius 1 is 1.07 bits per heavy atom. The standard InChI is InChI=1S/C21H27N3O5/c1-28-21(29-2)13-7-9-23(10-8-13)15-4-3-14-12-24(20(27)16(14)11-15)17-5-6-18(25)22-19(17)26/h3-4,11,13,17,21H,5-10,12H2,1-2H3,(H,22,25,26)/t17-/m0/s1. The number of fused-ring (bicyclic) bond motifs is 1. The van der Waals surface area contributed by atoms with Crippen LogP contribution in [0.25, 0.3) is 0 Å². The molecular formula is C21H27N3O5. The first-order chi connectivity index (χ1) is 14.0. The van der Waals surface area contributed by atoms with Crippen LogP contribution in [0, 0.1) is 5.92 Å². The van der Waals surface area contributed by atoms with Crippen LogP contribution < -0.4 is 10.2 Å². The number of benzene rings is 1. The number of nitrogens with one attached hydrogen (secondary N) is 1. The number of hydrogen-bond donors (Lipinski definition) is 1. The van der Waals surface area contributed by atoms with Gasteiger partial charge >= 0.3 is 0 Å². The number of carbonyl (C=O) groups excluding carboxylic acids is 3. The van der Waals surface area contributed by atoms with Gasteiger partial charge in [-0.25, -0.2) is 0 Å². The van der Waals surface area contributed by atoms with Gasteiger partial charge in [0.25, 0.3) is 5.91 Å². The smallest absolute Gasteiger partial charge is 0.255 e. The topological polar surface area (TPSA) is 88.2 Å². The second kappa shape index (κ2) is 8.12. The van der Waals surface area contributed by atoms with Crippen molar-refractivity contribution in [1.82, 2.24) is 10.2 Å². The molecule has 3 heterocycles. The van der Waals surface area contributed by atoms with E-state index in [9.17, 15) is 14.4 Å². The number of carbonyl (C=O) groups is 3. The maximum atomic E-state index is 13.0. The number of amides is 3. The third-order valence-corrected chi connectivity index (χ3v) is 6.27. The molecule has 8 heteroatoms. The Morgan fingerprint density at radius 3 is 2.45 bits per heavy atom. The molecule has 0 bridgehead atoms. The first-order valence-corrected chi connectivity index (χ1v) is 10.1. The number of hydrogen-bond acceptors (Lipinski definition) is 6. The van der Waals surface area contributed by atoms with Gasteiger partial charge in [0.1, 0.15) is 6.04 Å². The van der Waals surface area contributed by atoms with Crippen LogP contribution in [-0.2, 0) is 25.6 Å². The van der Waals surface area contributed by atoms with Crippen LogP contribution in [0.3, 0.4) is 0 Å². The average molecular weight is 401 g/mol. The van der Waals surface area contributed by atoms with Crippen LogP contribution in [0.4, 0.5) is 5.69 Å². The van der Waals surface area contributed by atoms with Gasteiger partial charge in [0, 0.05) is 57.4 Å². The number of imide groups is 1. The zero-order valence-corrected chi connectivity index (χ0v) is 16.8. The monoisotopic (exact) mass is 401 g/mol. The molecule has 3 aliphatic heterocycles. The van der Waals surface area contributed by atoms with Crippen molar-refractivity contribution in [2.24, 2.45) is 5.92 Å². The van der Waals surface area contributed by atoms with Gasteiger partial charge in [-0.3, -0.25) is 19.7 Å². The molecule has 8 nitrogen and oxygen atoms in total. The summed E-state index contributed by atoms with van der Waals surface area (Å²) in [6.45, 7) is 2.15. The van der Waals surface area contributed by atoms with E-state index < -0.39 is 6.04 Å². The van der Waals surface area contributed by atoms with E-state index >= 15 is 0 Å². The van der Waals surface area contributed by atoms with Crippen molar-refractivity contribution in [2.45, 2.75) is 44.6 Å². The Bertz CT molecular complexity index is 815. The van der Waals surface area contributed by atoms with Crippen molar-refractivity contribution in [2.75, 3.05) is 32.2 Å². The Morgan fingerprint density at radius 2 is 1.79 bits per heavy atom. The summed E-state index contributed by atoms with van der Waals surface area (Å²) in [5.74, 6) is -0.425. The van der Waals surface area contributed by atoms with Crippen molar-refractivity contribution < 1.29 is 23.9 Å². The molecule has 1 atom stereocenters. The molecule has 2 saturated heterocycles. The van der Waals surface area contributed by atoms with E-state index in [1.54, 1.807) is 19.1 Å². The summed E-state index contributed by atoms with van der Waals surface area (Å²) in [4.78, 5) is 40.4. The number of ether oxygens (including phenoxy) is 2. The fourth-order valence-corrected chi connectivity index (χ4v) is 4.65. The normalized spacial score (nSPS) is 23.0. The third kappa shape index (κ3) is 3.74. The van der Waals surface area contributed by atoms with Gasteiger partial charge in [-0.15, -0.1) is 0 Å². The minimum Gasteiger partial charge on any atom is -0.371 e. The van der Waals surface area contributed by atoms with E-state index in [1.165, 1.54) is 0 Å². The van der Waals surface area contributed by atoms with Crippen LogP contribution in [0.1, 0.15) is 41.6 Å². The van der Waals surface area contributed by atoms with Gasteiger partial charge in [0.15, 0.2) is 6.29 Å². The summed E-state index contributed by atoms with van der Waals surface area (Å²) < 4.78 is 10.8. The van der Waals surface area contributed by atoms with E-state index in [0.717, 1.165) is 37.2 Å². The molecule has 3 amide bonds. The molecular weight excluding hydrogens is 374 g/mol. The summed E-state index contributed by atoms with van der Waals surface area (Å²) in [5.41, 5.74) is 2.60. The Balaban J connectivity index is 1.45. The summed E-state index contributed by atoms with van der Waals surface area (Å²) in [7, 11) is 3.34. The van der Waals surface area contributed by atoms with Crippen molar-refractivity contribution in [3.8, 4) is 0 Å². The fourth-order valence-electron chi connectivity index (χ4n) is 4.65. The maximum Gasteiger partial charge on any atom is 0.255 e. The molecule has 29 heavy (non-hydrogen) atoms. The second-order valence-corrected chi connectivity index (χ2v) is 7.91. The molecule has 0 radical (unpaired) electrons. The van der Waals surface area contributed by atoms with E-state index in [0.29, 0.717) is 24.4 Å². The van der Waals surface area contributed by atoms with Crippen molar-refractivity contribution in [1.29, 1.82) is 0 Å². The molecule has 156 valence electrons. The maximum absolute atomic E-state index is 13.0. The quantitative estimate of drug-likeness (QED) is 0.591. The van der Waals surface area contributed by atoms with Crippen molar-refractivity contribution >= 4 is 23.4 Å². The third-order valence-electron chi connectivity index (χ3n) is 6.27. The van der Waals surface area contributed by atoms with Crippen molar-refractivity contribution in [3.63, 3.8) is 0 Å². The zero-order chi connectivity index (χ0) is 20.5. The van der Waals surface area contributed by atoms with E-state index in [4.69, 9.17) is 9.47 Å². The highest BCUT2D eigenvalue weighted by atomic mass is 16.7. The molecule has 0 spiro atoms. The highest BCUT2D eigenvalue weighted by Gasteiger charge is 2.39. The average Bonchev–Trinajstić information content (AvgIpc) is 3.05. The molecule has 2 fully saturated rings. The highest BCUT2D eigenvalue weighted by molar-refractivity contribution is 6.05. The molecule has 3 aliphatic rings. The first kappa shape index (κ1) is 19.8. The van der Waals surface area contributed by atoms with Gasteiger partial charge in [0.2, 0.25) is 11.8 Å². The predicted molar refractivity (Wildman–Crippen MR) is 105 cm³/mol. The van der Waals surface area contributed by atoms with Gasteiger partial charge in [0.05, 0.1) is 0 Å². The lowest BCUT2D eigenvalue weighted by Crippen LogP contribution is -2.52. The number of anilines is 1. The molecule has 0 saturated carbocycles. The second-order valence-electron chi connectivity index (χ2n) is 7.91. The summed E-state index contributed by atoms with van der Waals surface area (Å²) in [5, 5.41) is 2.34. The zero-order valence-electron chi connectivity index (χ0n) is 16.8. The molecule has 0 aliphatic carbocycles. The molecule has 4 rings (SSSR count). The SMILES string of the molecule is COC(OC)C1CCN(c2ccc3c(c2)C(=O)N([C@H]2CCC(=O)NC2=O)C3)CC1. The number of rotatable bonds is 5. The number of piperidine rings is 2. The van der Waals surface area contributed by atoms with Gasteiger partial charge in [-0.2, -0.15) is 0 Å². The Kier molecular flexibility index (Phi) is 5.56. The predicted octanol–water partition coefficient (Wildman–Crippen LogP) is 1.28. The molecule has 1 aromatic rings. The highest BCUT2D eigenvalue weighted by Crippen LogP contribution is 2.32. The van der Waals surface area contributed by atoms with Crippen molar-refractivity contribution in [3.05, 3.63) is 29.3 Å². The number of methoxy groups -OCH3 is 2. The minimum absolute atomic E-state index is 0.134. The van der Waals surface area contributed by atoms with Gasteiger partial charge in [-0.1, -0.05) is 6.07 Å². The van der Waals surface area contributed by atoms with Crippen LogP contribution in [-0.4, -0.2) is 62.3 Å². The summed E-state index contributed by atoms with van der Waals surface area (Å²) in [6.07, 6.45) is 2.38. The largest absolute Gasteiger partial charge is 0.371 e. The van der Waals surface area contributed by atoms with Gasteiger partial charge in [-0.05, 0) is 37.0 Å². The van der Waals surface area contributed by atoms with Crippen LogP contribution in [0.2, 0.25) is 0 Å². The number of nitrogens with zero attached hydrogens (tertiary/aromatic N) is 2. The Hall–Kier alpha value is -2.45. The lowest BCUT2D eigenvalue weighted by Gasteiger charge is -2.36. The molecule has 0 unspecified atom stereocenters. The lowest BCUT2D eigenvalue weighted by molar-refractivity contribution is -0.141. The summed E-state index contributed by atoms with van der Waals surface area (Å²) in [6, 6.07) is 5.39. The lowest BCUT2D eigenvalue weighted by atomic mass is 9.95. The van der Waals surface area contributed by atoms with Crippen LogP contribution in [0.5, 0.6) is 0 Å². The minimum atomic E-state index is -0.577. The van der Waals surface area contributed by atoms with Crippen LogP contribution >= 0.6 is 0 Å². The molecule has 1 N–H and O–H groups in total. The van der Waals surface area contributed by atoms with E-state index in [-0.39, 0.29) is 30.4 Å². The summed E-state index contributed by atoms with van der Waals surface area (Å²) >= 11 is 0. The Labute approximate surface area is 170 Å².